The fourth-order valence-corrected chi connectivity index (χ4v) is 3.53. The predicted molar refractivity (Wildman–Crippen MR) is 62.0 cm³/mol. The lowest BCUT2D eigenvalue weighted by molar-refractivity contribution is 0.605. The zero-order valence-electron chi connectivity index (χ0n) is 7.99. The molecule has 1 aromatic rings. The van der Waals surface area contributed by atoms with Crippen LogP contribution in [0, 0.1) is 0 Å². The second-order valence-electron chi connectivity index (χ2n) is 3.42. The monoisotopic (exact) mass is 266 g/mol. The van der Waals surface area contributed by atoms with Gasteiger partial charge in [-0.2, -0.15) is 0 Å². The van der Waals surface area contributed by atoms with Gasteiger partial charge in [0.05, 0.1) is 5.69 Å². The first-order chi connectivity index (χ1) is 7.11. The Bertz CT molecular complexity index is 432. The quantitative estimate of drug-likeness (QED) is 0.851. The highest BCUT2D eigenvalue weighted by molar-refractivity contribution is 7.94. The zero-order valence-corrected chi connectivity index (χ0v) is 10.4. The molecule has 0 spiro atoms. The lowest BCUT2D eigenvalue weighted by atomic mass is 10.0. The molecule has 0 saturated heterocycles. The fraction of sp³-hybridized carbons (Fsp3) is 0.625. The molecule has 1 aromatic heterocycles. The highest BCUT2D eigenvalue weighted by atomic mass is 35.5. The summed E-state index contributed by atoms with van der Waals surface area (Å²) in [5.41, 5.74) is 1.04. The summed E-state index contributed by atoms with van der Waals surface area (Å²) < 4.78 is 24.8. The number of fused-ring (bicyclic) bond motifs is 1. The zero-order chi connectivity index (χ0) is 10.9. The maximum Gasteiger partial charge on any atom is 0.248 e. The molecular formula is C8H11ClN2O2S2. The van der Waals surface area contributed by atoms with Crippen molar-refractivity contribution in [2.75, 3.05) is 9.93 Å². The normalized spacial score (nSPS) is 16.1. The summed E-state index contributed by atoms with van der Waals surface area (Å²) in [4.78, 5) is 5.46. The summed E-state index contributed by atoms with van der Waals surface area (Å²) in [6, 6.07) is 0. The van der Waals surface area contributed by atoms with Gasteiger partial charge in [-0.05, 0) is 25.7 Å². The Labute approximate surface area is 97.7 Å². The van der Waals surface area contributed by atoms with Crippen molar-refractivity contribution in [3.8, 4) is 0 Å². The number of nitrogens with zero attached hydrogens (tertiary/aromatic N) is 1. The molecule has 4 nitrogen and oxygen atoms in total. The number of rotatable bonds is 3. The Kier molecular flexibility index (Phi) is 3.18. The second-order valence-corrected chi connectivity index (χ2v) is 6.81. The number of alkyl halides is 1. The molecule has 0 bridgehead atoms. The summed E-state index contributed by atoms with van der Waals surface area (Å²) in [5.74, 6) is 0. The molecule has 0 aliphatic heterocycles. The van der Waals surface area contributed by atoms with E-state index in [0.717, 1.165) is 31.4 Å². The van der Waals surface area contributed by atoms with E-state index in [1.54, 1.807) is 0 Å². The smallest absolute Gasteiger partial charge is 0.248 e. The van der Waals surface area contributed by atoms with Crippen LogP contribution in [0.4, 0.5) is 5.13 Å². The third-order valence-electron chi connectivity index (χ3n) is 2.23. The van der Waals surface area contributed by atoms with Crippen LogP contribution in [-0.4, -0.2) is 18.6 Å². The number of hydrogen-bond donors (Lipinski definition) is 1. The Morgan fingerprint density at radius 3 is 2.80 bits per heavy atom. The number of halogens is 1. The van der Waals surface area contributed by atoms with Gasteiger partial charge in [-0.3, -0.25) is 4.72 Å². The van der Waals surface area contributed by atoms with Crippen molar-refractivity contribution < 1.29 is 8.42 Å². The van der Waals surface area contributed by atoms with Crippen molar-refractivity contribution >= 4 is 38.1 Å². The third-order valence-corrected chi connectivity index (χ3v) is 5.09. The third kappa shape index (κ3) is 2.62. The van der Waals surface area contributed by atoms with Gasteiger partial charge in [-0.25, -0.2) is 13.4 Å². The number of aromatic nitrogens is 1. The van der Waals surface area contributed by atoms with Gasteiger partial charge in [0, 0.05) is 4.88 Å². The molecule has 1 aliphatic rings. The van der Waals surface area contributed by atoms with Gasteiger partial charge >= 0.3 is 0 Å². The number of hydrogen-bond acceptors (Lipinski definition) is 4. The van der Waals surface area contributed by atoms with E-state index >= 15 is 0 Å². The number of aryl methyl sites for hydroxylation is 2. The Morgan fingerprint density at radius 1 is 1.40 bits per heavy atom. The molecule has 0 atom stereocenters. The summed E-state index contributed by atoms with van der Waals surface area (Å²) in [6.07, 6.45) is 4.26. The molecule has 0 radical (unpaired) electrons. The van der Waals surface area contributed by atoms with Crippen molar-refractivity contribution in [3.63, 3.8) is 0 Å². The van der Waals surface area contributed by atoms with Gasteiger partial charge < -0.3 is 0 Å². The average molecular weight is 267 g/mol. The van der Waals surface area contributed by atoms with Crippen LogP contribution in [0.15, 0.2) is 0 Å². The topological polar surface area (TPSA) is 59.1 Å². The van der Waals surface area contributed by atoms with Gasteiger partial charge in [0.15, 0.2) is 5.13 Å². The van der Waals surface area contributed by atoms with Crippen LogP contribution in [0.3, 0.4) is 0 Å². The molecule has 0 saturated carbocycles. The number of sulfonamides is 1. The summed E-state index contributed by atoms with van der Waals surface area (Å²) >= 11 is 6.71. The molecule has 7 heteroatoms. The number of nitrogens with one attached hydrogen (secondary N) is 1. The van der Waals surface area contributed by atoms with E-state index in [1.807, 2.05) is 0 Å². The van der Waals surface area contributed by atoms with Crippen LogP contribution >= 0.6 is 22.9 Å². The Balaban J connectivity index is 2.20. The van der Waals surface area contributed by atoms with Crippen molar-refractivity contribution in [2.24, 2.45) is 0 Å². The minimum absolute atomic E-state index is 0.433. The van der Waals surface area contributed by atoms with Crippen molar-refractivity contribution in [1.29, 1.82) is 0 Å². The van der Waals surface area contributed by atoms with Crippen molar-refractivity contribution in [2.45, 2.75) is 25.7 Å². The van der Waals surface area contributed by atoms with Gasteiger partial charge in [-0.1, -0.05) is 0 Å². The van der Waals surface area contributed by atoms with Crippen LogP contribution in [0.5, 0.6) is 0 Å². The predicted octanol–water partition coefficient (Wildman–Crippen LogP) is 1.96. The Morgan fingerprint density at radius 2 is 2.13 bits per heavy atom. The molecule has 1 heterocycles. The van der Waals surface area contributed by atoms with E-state index in [2.05, 4.69) is 9.71 Å². The standard InChI is InChI=1S/C8H11ClN2O2S2/c9-5-15(12,13)11-8-10-6-3-1-2-4-7(6)14-8/h1-5H2,(H,10,11). The van der Waals surface area contributed by atoms with Gasteiger partial charge in [0.2, 0.25) is 10.0 Å². The van der Waals surface area contributed by atoms with Gasteiger partial charge in [-0.15, -0.1) is 22.9 Å². The van der Waals surface area contributed by atoms with Gasteiger partial charge in [0.1, 0.15) is 5.21 Å². The first kappa shape index (κ1) is 11.2. The largest absolute Gasteiger partial charge is 0.258 e. The van der Waals surface area contributed by atoms with E-state index in [0.29, 0.717) is 5.13 Å². The maximum atomic E-state index is 11.2. The number of anilines is 1. The molecule has 0 fully saturated rings. The molecular weight excluding hydrogens is 256 g/mol. The highest BCUT2D eigenvalue weighted by Gasteiger charge is 2.17. The maximum absolute atomic E-state index is 11.2. The second kappa shape index (κ2) is 4.27. The molecule has 2 rings (SSSR count). The summed E-state index contributed by atoms with van der Waals surface area (Å²) in [7, 11) is -3.41. The Hall–Kier alpha value is -0.330. The summed E-state index contributed by atoms with van der Waals surface area (Å²) in [6.45, 7) is 0. The lowest BCUT2D eigenvalue weighted by Gasteiger charge is -2.06. The molecule has 1 N–H and O–H groups in total. The lowest BCUT2D eigenvalue weighted by Crippen LogP contribution is -2.13. The van der Waals surface area contributed by atoms with Crippen LogP contribution in [0.1, 0.15) is 23.4 Å². The molecule has 0 amide bonds. The number of thiazole rings is 1. The molecule has 15 heavy (non-hydrogen) atoms. The van der Waals surface area contributed by atoms with Crippen LogP contribution in [0.2, 0.25) is 0 Å². The highest BCUT2D eigenvalue weighted by Crippen LogP contribution is 2.29. The van der Waals surface area contributed by atoms with E-state index < -0.39 is 15.2 Å². The molecule has 0 aromatic carbocycles. The van der Waals surface area contributed by atoms with Crippen LogP contribution in [0.25, 0.3) is 0 Å². The van der Waals surface area contributed by atoms with E-state index in [-0.39, 0.29) is 0 Å². The molecule has 84 valence electrons. The SMILES string of the molecule is O=S(=O)(CCl)Nc1nc2c(s1)CCCC2. The average Bonchev–Trinajstić information content (AvgIpc) is 2.58. The van der Waals surface area contributed by atoms with Crippen LogP contribution < -0.4 is 4.72 Å². The van der Waals surface area contributed by atoms with E-state index in [4.69, 9.17) is 11.6 Å². The van der Waals surface area contributed by atoms with Gasteiger partial charge in [0.25, 0.3) is 0 Å². The van der Waals surface area contributed by atoms with Crippen molar-refractivity contribution in [1.82, 2.24) is 4.98 Å². The molecule has 1 aliphatic carbocycles. The minimum atomic E-state index is -3.41. The fourth-order valence-electron chi connectivity index (χ4n) is 1.56. The first-order valence-electron chi connectivity index (χ1n) is 4.66. The van der Waals surface area contributed by atoms with E-state index in [9.17, 15) is 8.42 Å². The van der Waals surface area contributed by atoms with E-state index in [1.165, 1.54) is 16.2 Å². The minimum Gasteiger partial charge on any atom is -0.258 e. The molecule has 0 unspecified atom stereocenters. The van der Waals surface area contributed by atoms with Crippen LogP contribution in [-0.2, 0) is 22.9 Å². The van der Waals surface area contributed by atoms with Crippen molar-refractivity contribution in [3.05, 3.63) is 10.6 Å². The summed E-state index contributed by atoms with van der Waals surface area (Å²) in [5, 5.41) is 0.0135. The first-order valence-corrected chi connectivity index (χ1v) is 7.66.